The zero-order valence-corrected chi connectivity index (χ0v) is 10.9. The van der Waals surface area contributed by atoms with Crippen molar-refractivity contribution in [2.75, 3.05) is 13.1 Å². The molecule has 0 spiro atoms. The molecule has 2 atom stereocenters. The molecule has 1 heterocycles. The van der Waals surface area contributed by atoms with Gasteiger partial charge in [0, 0.05) is 13.0 Å². The van der Waals surface area contributed by atoms with Gasteiger partial charge in [0.1, 0.15) is 6.04 Å². The van der Waals surface area contributed by atoms with Crippen molar-refractivity contribution < 1.29 is 24.6 Å². The van der Waals surface area contributed by atoms with Crippen LogP contribution >= 0.6 is 0 Å². The van der Waals surface area contributed by atoms with E-state index in [0.29, 0.717) is 13.0 Å². The molecular weight excluding hydrogens is 252 g/mol. The van der Waals surface area contributed by atoms with Crippen molar-refractivity contribution in [3.63, 3.8) is 0 Å². The Morgan fingerprint density at radius 3 is 2.53 bits per heavy atom. The molecule has 0 aromatic rings. The topological polar surface area (TPSA) is 116 Å². The van der Waals surface area contributed by atoms with Crippen molar-refractivity contribution in [2.24, 2.45) is 5.41 Å². The van der Waals surface area contributed by atoms with Crippen molar-refractivity contribution in [3.8, 4) is 0 Å². The fourth-order valence-electron chi connectivity index (χ4n) is 2.06. The van der Waals surface area contributed by atoms with Gasteiger partial charge in [0.15, 0.2) is 0 Å². The lowest BCUT2D eigenvalue weighted by molar-refractivity contribution is -0.144. The summed E-state index contributed by atoms with van der Waals surface area (Å²) in [7, 11) is 0. The maximum atomic E-state index is 12.0. The van der Waals surface area contributed by atoms with E-state index in [2.05, 4.69) is 10.6 Å². The molecule has 0 radical (unpaired) electrons. The van der Waals surface area contributed by atoms with Crippen LogP contribution in [-0.2, 0) is 14.4 Å². The van der Waals surface area contributed by atoms with Gasteiger partial charge in [-0.3, -0.25) is 9.59 Å². The van der Waals surface area contributed by atoms with Crippen LogP contribution in [0.15, 0.2) is 0 Å². The largest absolute Gasteiger partial charge is 0.481 e. The molecule has 4 N–H and O–H groups in total. The molecule has 0 aromatic heterocycles. The van der Waals surface area contributed by atoms with Crippen LogP contribution in [0.3, 0.4) is 0 Å². The second kappa shape index (κ2) is 6.51. The van der Waals surface area contributed by atoms with Crippen LogP contribution in [-0.4, -0.2) is 47.2 Å². The average Bonchev–Trinajstić information content (AvgIpc) is 2.75. The predicted molar refractivity (Wildman–Crippen MR) is 66.6 cm³/mol. The number of carbonyl (C=O) groups excluding carboxylic acids is 1. The zero-order valence-electron chi connectivity index (χ0n) is 10.9. The summed E-state index contributed by atoms with van der Waals surface area (Å²) in [5.41, 5.74) is -0.583. The summed E-state index contributed by atoms with van der Waals surface area (Å²) in [4.78, 5) is 33.5. The molecule has 0 bridgehead atoms. The van der Waals surface area contributed by atoms with Gasteiger partial charge < -0.3 is 20.8 Å². The lowest BCUT2D eigenvalue weighted by Crippen LogP contribution is -2.48. The molecule has 1 aliphatic heterocycles. The van der Waals surface area contributed by atoms with Crippen LogP contribution in [0.1, 0.15) is 32.6 Å². The van der Waals surface area contributed by atoms with Gasteiger partial charge in [0.25, 0.3) is 0 Å². The van der Waals surface area contributed by atoms with Gasteiger partial charge in [0.05, 0.1) is 5.41 Å². The van der Waals surface area contributed by atoms with E-state index in [1.54, 1.807) is 6.92 Å². The minimum absolute atomic E-state index is 0.0987. The third-order valence-corrected chi connectivity index (χ3v) is 3.40. The molecule has 1 amide bonds. The fraction of sp³-hybridized carbons (Fsp3) is 0.750. The Labute approximate surface area is 111 Å². The third kappa shape index (κ3) is 4.51. The Morgan fingerprint density at radius 1 is 1.37 bits per heavy atom. The van der Waals surface area contributed by atoms with Crippen molar-refractivity contribution in [3.05, 3.63) is 0 Å². The van der Waals surface area contributed by atoms with Crippen molar-refractivity contribution in [1.29, 1.82) is 0 Å². The van der Waals surface area contributed by atoms with Crippen LogP contribution < -0.4 is 10.6 Å². The summed E-state index contributed by atoms with van der Waals surface area (Å²) in [6.45, 7) is 3.06. The molecule has 1 unspecified atom stereocenters. The van der Waals surface area contributed by atoms with Crippen molar-refractivity contribution in [2.45, 2.75) is 38.6 Å². The summed E-state index contributed by atoms with van der Waals surface area (Å²) in [6, 6.07) is -1.02. The summed E-state index contributed by atoms with van der Waals surface area (Å²) < 4.78 is 0. The van der Waals surface area contributed by atoms with Gasteiger partial charge in [0.2, 0.25) is 5.91 Å². The fourth-order valence-corrected chi connectivity index (χ4v) is 2.06. The standard InChI is InChI=1S/C12H20N2O5/c1-12(5-6-13-7-12)11(19)14-8(10(17)18)3-2-4-9(15)16/h8,13H,2-7H2,1H3,(H,14,19)(H,15,16)(H,17,18)/t8-,12?/m1/s1. The van der Waals surface area contributed by atoms with Gasteiger partial charge in [-0.05, 0) is 32.7 Å². The van der Waals surface area contributed by atoms with Gasteiger partial charge in [-0.15, -0.1) is 0 Å². The highest BCUT2D eigenvalue weighted by molar-refractivity contribution is 5.87. The molecule has 0 aromatic carbocycles. The maximum Gasteiger partial charge on any atom is 0.326 e. The molecule has 7 heteroatoms. The van der Waals surface area contributed by atoms with Gasteiger partial charge in [-0.1, -0.05) is 0 Å². The van der Waals surface area contributed by atoms with E-state index in [9.17, 15) is 14.4 Å². The van der Waals surface area contributed by atoms with Crippen LogP contribution in [0.5, 0.6) is 0 Å². The first-order valence-corrected chi connectivity index (χ1v) is 6.31. The van der Waals surface area contributed by atoms with Crippen LogP contribution in [0.2, 0.25) is 0 Å². The molecule has 0 saturated carbocycles. The van der Waals surface area contributed by atoms with Gasteiger partial charge in [-0.2, -0.15) is 0 Å². The first-order valence-electron chi connectivity index (χ1n) is 6.31. The first-order chi connectivity index (χ1) is 8.85. The molecule has 108 valence electrons. The minimum Gasteiger partial charge on any atom is -0.481 e. The van der Waals surface area contributed by atoms with E-state index in [-0.39, 0.29) is 25.2 Å². The summed E-state index contributed by atoms with van der Waals surface area (Å²) in [5, 5.41) is 23.1. The second-order valence-electron chi connectivity index (χ2n) is 5.14. The quantitative estimate of drug-likeness (QED) is 0.510. The Morgan fingerprint density at radius 2 is 2.05 bits per heavy atom. The molecule has 0 aliphatic carbocycles. The smallest absolute Gasteiger partial charge is 0.326 e. The number of hydrogen-bond acceptors (Lipinski definition) is 4. The number of carboxylic acids is 2. The molecule has 1 fully saturated rings. The number of rotatable bonds is 7. The Balaban J connectivity index is 2.51. The molecule has 1 rings (SSSR count). The number of carbonyl (C=O) groups is 3. The van der Waals surface area contributed by atoms with E-state index >= 15 is 0 Å². The lowest BCUT2D eigenvalue weighted by atomic mass is 9.88. The highest BCUT2D eigenvalue weighted by Gasteiger charge is 2.37. The number of hydrogen-bond donors (Lipinski definition) is 4. The predicted octanol–water partition coefficient (Wildman–Crippen LogP) is -0.190. The minimum atomic E-state index is -1.13. The number of aliphatic carboxylic acids is 2. The maximum absolute atomic E-state index is 12.0. The van der Waals surface area contributed by atoms with Crippen LogP contribution in [0.4, 0.5) is 0 Å². The molecule has 1 aliphatic rings. The molecule has 1 saturated heterocycles. The average molecular weight is 272 g/mol. The van der Waals surface area contributed by atoms with Gasteiger partial charge in [-0.25, -0.2) is 4.79 Å². The van der Waals surface area contributed by atoms with E-state index in [1.807, 2.05) is 0 Å². The number of carboxylic acid groups (broad SMARTS) is 2. The highest BCUT2D eigenvalue weighted by Crippen LogP contribution is 2.24. The summed E-state index contributed by atoms with van der Waals surface area (Å²) in [6.07, 6.45) is 0.914. The van der Waals surface area contributed by atoms with E-state index in [0.717, 1.165) is 6.54 Å². The Bertz CT molecular complexity index is 363. The molecule has 19 heavy (non-hydrogen) atoms. The SMILES string of the molecule is CC1(C(=O)N[C@H](CCCC(=O)O)C(=O)O)CCNC1. The normalized spacial score (nSPS) is 23.8. The lowest BCUT2D eigenvalue weighted by Gasteiger charge is -2.24. The molecular formula is C12H20N2O5. The van der Waals surface area contributed by atoms with Crippen molar-refractivity contribution >= 4 is 17.8 Å². The second-order valence-corrected chi connectivity index (χ2v) is 5.14. The monoisotopic (exact) mass is 272 g/mol. The van der Waals surface area contributed by atoms with E-state index in [4.69, 9.17) is 10.2 Å². The van der Waals surface area contributed by atoms with E-state index in [1.165, 1.54) is 0 Å². The zero-order chi connectivity index (χ0) is 14.5. The van der Waals surface area contributed by atoms with E-state index < -0.39 is 23.4 Å². The van der Waals surface area contributed by atoms with Crippen molar-refractivity contribution in [1.82, 2.24) is 10.6 Å². The first kappa shape index (κ1) is 15.4. The Hall–Kier alpha value is -1.63. The van der Waals surface area contributed by atoms with Gasteiger partial charge >= 0.3 is 11.9 Å². The van der Waals surface area contributed by atoms with Crippen LogP contribution in [0, 0.1) is 5.41 Å². The number of nitrogens with one attached hydrogen (secondary N) is 2. The summed E-state index contributed by atoms with van der Waals surface area (Å²) in [5.74, 6) is -2.39. The third-order valence-electron chi connectivity index (χ3n) is 3.40. The Kier molecular flexibility index (Phi) is 5.29. The molecule has 7 nitrogen and oxygen atoms in total. The number of amides is 1. The summed E-state index contributed by atoms with van der Waals surface area (Å²) >= 11 is 0. The highest BCUT2D eigenvalue weighted by atomic mass is 16.4. The van der Waals surface area contributed by atoms with Crippen LogP contribution in [0.25, 0.3) is 0 Å².